The third-order valence-electron chi connectivity index (χ3n) is 3.79. The number of furan rings is 1. The van der Waals surface area contributed by atoms with Crippen LogP contribution in [0.15, 0.2) is 52.1 Å². The number of aliphatic imine (C=N–C) groups is 1. The maximum atomic E-state index is 5.31. The van der Waals surface area contributed by atoms with Crippen LogP contribution < -0.4 is 10.6 Å². The fourth-order valence-electron chi connectivity index (χ4n) is 2.67. The highest BCUT2D eigenvalue weighted by Crippen LogP contribution is 2.14. The Kier molecular flexibility index (Phi) is 5.15. The fourth-order valence-corrected chi connectivity index (χ4v) is 2.67. The molecule has 3 rings (SSSR count). The van der Waals surface area contributed by atoms with Crippen LogP contribution in [0.2, 0.25) is 0 Å². The lowest BCUT2D eigenvalue weighted by Gasteiger charge is -2.12. The van der Waals surface area contributed by atoms with Gasteiger partial charge in [-0.1, -0.05) is 12.1 Å². The lowest BCUT2D eigenvalue weighted by molar-refractivity contribution is 0.511. The van der Waals surface area contributed by atoms with Gasteiger partial charge in [-0.2, -0.15) is 0 Å². The van der Waals surface area contributed by atoms with E-state index in [1.807, 2.05) is 37.3 Å². The summed E-state index contributed by atoms with van der Waals surface area (Å²) in [6, 6.07) is 12.0. The van der Waals surface area contributed by atoms with Gasteiger partial charge in [-0.15, -0.1) is 0 Å². The van der Waals surface area contributed by atoms with Crippen LogP contribution in [0.4, 0.5) is 0 Å². The number of aryl methyl sites for hydroxylation is 1. The Morgan fingerprint density at radius 3 is 2.88 bits per heavy atom. The molecule has 24 heavy (non-hydrogen) atoms. The van der Waals surface area contributed by atoms with Crippen molar-refractivity contribution in [1.82, 2.24) is 20.2 Å². The zero-order chi connectivity index (χ0) is 16.8. The largest absolute Gasteiger partial charge is 0.467 e. The summed E-state index contributed by atoms with van der Waals surface area (Å²) in [4.78, 5) is 9.13. The van der Waals surface area contributed by atoms with Crippen LogP contribution in [0.1, 0.15) is 18.5 Å². The van der Waals surface area contributed by atoms with Crippen molar-refractivity contribution in [3.63, 3.8) is 0 Å². The predicted octanol–water partition coefficient (Wildman–Crippen LogP) is 2.69. The van der Waals surface area contributed by atoms with E-state index in [2.05, 4.69) is 38.2 Å². The van der Waals surface area contributed by atoms with Crippen molar-refractivity contribution in [1.29, 1.82) is 0 Å². The molecular formula is C18H23N5O. The van der Waals surface area contributed by atoms with E-state index >= 15 is 0 Å². The summed E-state index contributed by atoms with van der Waals surface area (Å²) in [6.45, 7) is 7.03. The Balaban J connectivity index is 1.62. The molecule has 0 fully saturated rings. The lowest BCUT2D eigenvalue weighted by Crippen LogP contribution is -2.38. The zero-order valence-electron chi connectivity index (χ0n) is 14.1. The van der Waals surface area contributed by atoms with Crippen LogP contribution in [-0.2, 0) is 13.1 Å². The minimum absolute atomic E-state index is 0.523. The highest BCUT2D eigenvalue weighted by Gasteiger charge is 2.06. The first-order valence-corrected chi connectivity index (χ1v) is 8.24. The van der Waals surface area contributed by atoms with E-state index in [4.69, 9.17) is 4.42 Å². The first kappa shape index (κ1) is 16.1. The molecule has 6 nitrogen and oxygen atoms in total. The lowest BCUT2D eigenvalue weighted by atomic mass is 10.3. The Morgan fingerprint density at radius 2 is 2.08 bits per heavy atom. The van der Waals surface area contributed by atoms with Gasteiger partial charge < -0.3 is 19.6 Å². The second-order valence-electron chi connectivity index (χ2n) is 5.50. The van der Waals surface area contributed by atoms with Crippen molar-refractivity contribution in [2.45, 2.75) is 26.9 Å². The molecule has 0 atom stereocenters. The molecule has 6 heteroatoms. The number of rotatable bonds is 6. The van der Waals surface area contributed by atoms with Gasteiger partial charge in [0, 0.05) is 19.6 Å². The van der Waals surface area contributed by atoms with Crippen molar-refractivity contribution < 1.29 is 4.42 Å². The molecule has 0 spiro atoms. The number of benzene rings is 1. The smallest absolute Gasteiger partial charge is 0.191 e. The topological polar surface area (TPSA) is 67.4 Å². The summed E-state index contributed by atoms with van der Waals surface area (Å²) in [5, 5.41) is 6.61. The SMILES string of the molecule is CCNC(=NCc1ccco1)NCCn1c(C)nc2ccccc21. The second-order valence-corrected chi connectivity index (χ2v) is 5.50. The molecule has 0 aliphatic rings. The molecule has 0 radical (unpaired) electrons. The maximum absolute atomic E-state index is 5.31. The molecular weight excluding hydrogens is 302 g/mol. The molecule has 0 saturated heterocycles. The second kappa shape index (κ2) is 7.68. The third kappa shape index (κ3) is 3.76. The van der Waals surface area contributed by atoms with Crippen molar-refractivity contribution in [3.05, 3.63) is 54.2 Å². The molecule has 2 heterocycles. The summed E-state index contributed by atoms with van der Waals surface area (Å²) in [6.07, 6.45) is 1.66. The fraction of sp³-hybridized carbons (Fsp3) is 0.333. The van der Waals surface area contributed by atoms with Crippen LogP contribution in [0, 0.1) is 6.92 Å². The van der Waals surface area contributed by atoms with Crippen molar-refractivity contribution in [2.75, 3.05) is 13.1 Å². The predicted molar refractivity (Wildman–Crippen MR) is 96.0 cm³/mol. The molecule has 0 bridgehead atoms. The van der Waals surface area contributed by atoms with Gasteiger partial charge >= 0.3 is 0 Å². The quantitative estimate of drug-likeness (QED) is 0.540. The maximum Gasteiger partial charge on any atom is 0.191 e. The van der Waals surface area contributed by atoms with E-state index in [-0.39, 0.29) is 0 Å². The number of guanidine groups is 1. The van der Waals surface area contributed by atoms with Crippen LogP contribution in [0.3, 0.4) is 0 Å². The van der Waals surface area contributed by atoms with Gasteiger partial charge in [-0.3, -0.25) is 0 Å². The summed E-state index contributed by atoms with van der Waals surface area (Å²) in [7, 11) is 0. The van der Waals surface area contributed by atoms with Gasteiger partial charge in [-0.05, 0) is 38.1 Å². The van der Waals surface area contributed by atoms with Crippen molar-refractivity contribution in [3.8, 4) is 0 Å². The van der Waals surface area contributed by atoms with Gasteiger partial charge in [0.1, 0.15) is 18.1 Å². The highest BCUT2D eigenvalue weighted by molar-refractivity contribution is 5.79. The number of para-hydroxylation sites is 2. The van der Waals surface area contributed by atoms with Crippen LogP contribution in [0.5, 0.6) is 0 Å². The summed E-state index contributed by atoms with van der Waals surface area (Å²) in [5.74, 6) is 2.66. The third-order valence-corrected chi connectivity index (χ3v) is 3.79. The summed E-state index contributed by atoms with van der Waals surface area (Å²) in [5.41, 5.74) is 2.20. The first-order chi connectivity index (χ1) is 11.8. The van der Waals surface area contributed by atoms with E-state index in [0.29, 0.717) is 6.54 Å². The average molecular weight is 325 g/mol. The number of aromatic nitrogens is 2. The van der Waals surface area contributed by atoms with E-state index < -0.39 is 0 Å². The molecule has 3 aromatic rings. The first-order valence-electron chi connectivity index (χ1n) is 8.24. The molecule has 0 amide bonds. The Hall–Kier alpha value is -2.76. The van der Waals surface area contributed by atoms with Gasteiger partial charge in [0.2, 0.25) is 0 Å². The van der Waals surface area contributed by atoms with Crippen molar-refractivity contribution >= 4 is 17.0 Å². The zero-order valence-corrected chi connectivity index (χ0v) is 14.1. The van der Waals surface area contributed by atoms with E-state index in [1.165, 1.54) is 0 Å². The van der Waals surface area contributed by atoms with E-state index in [1.54, 1.807) is 6.26 Å². The number of nitrogens with zero attached hydrogens (tertiary/aromatic N) is 3. The number of imidazole rings is 1. The molecule has 126 valence electrons. The number of nitrogens with one attached hydrogen (secondary N) is 2. The number of fused-ring (bicyclic) bond motifs is 1. The van der Waals surface area contributed by atoms with Crippen LogP contribution >= 0.6 is 0 Å². The number of hydrogen-bond acceptors (Lipinski definition) is 3. The molecule has 2 aromatic heterocycles. The molecule has 0 aliphatic carbocycles. The van der Waals surface area contributed by atoms with E-state index in [9.17, 15) is 0 Å². The normalized spacial score (nSPS) is 11.8. The summed E-state index contributed by atoms with van der Waals surface area (Å²) < 4.78 is 7.53. The van der Waals surface area contributed by atoms with Crippen LogP contribution in [-0.4, -0.2) is 28.6 Å². The highest BCUT2D eigenvalue weighted by atomic mass is 16.3. The van der Waals surface area contributed by atoms with Gasteiger partial charge in [0.25, 0.3) is 0 Å². The van der Waals surface area contributed by atoms with Gasteiger partial charge in [0.15, 0.2) is 5.96 Å². The Morgan fingerprint density at radius 1 is 1.21 bits per heavy atom. The Labute approximate surface area is 141 Å². The molecule has 0 saturated carbocycles. The monoisotopic (exact) mass is 325 g/mol. The molecule has 2 N–H and O–H groups in total. The van der Waals surface area contributed by atoms with Crippen LogP contribution in [0.25, 0.3) is 11.0 Å². The molecule has 0 aliphatic heterocycles. The van der Waals surface area contributed by atoms with Gasteiger partial charge in [-0.25, -0.2) is 9.98 Å². The summed E-state index contributed by atoms with van der Waals surface area (Å²) >= 11 is 0. The minimum Gasteiger partial charge on any atom is -0.467 e. The van der Waals surface area contributed by atoms with Gasteiger partial charge in [0.05, 0.1) is 17.3 Å². The van der Waals surface area contributed by atoms with E-state index in [0.717, 1.165) is 48.2 Å². The standard InChI is InChI=1S/C18H23N5O/c1-3-19-18(21-13-15-7-6-12-24-15)20-10-11-23-14(2)22-16-8-4-5-9-17(16)23/h4-9,12H,3,10-11,13H2,1-2H3,(H2,19,20,21). The van der Waals surface area contributed by atoms with Crippen molar-refractivity contribution in [2.24, 2.45) is 4.99 Å². The molecule has 1 aromatic carbocycles. The minimum atomic E-state index is 0.523. The Bertz CT molecular complexity index is 804. The number of hydrogen-bond donors (Lipinski definition) is 2. The molecule has 0 unspecified atom stereocenters. The average Bonchev–Trinajstić information content (AvgIpc) is 3.20.